The molecule has 0 saturated carbocycles. The molecular formula is C8H14N4O. The maximum atomic E-state index is 5.36. The number of hydrazine groups is 1. The zero-order valence-corrected chi connectivity index (χ0v) is 7.82. The minimum absolute atomic E-state index is 0.362. The molecule has 0 spiro atoms. The number of anilines is 1. The van der Waals surface area contributed by atoms with Gasteiger partial charge in [-0.15, -0.1) is 0 Å². The quantitative estimate of drug-likeness (QED) is 0.532. The van der Waals surface area contributed by atoms with Crippen molar-refractivity contribution in [3.63, 3.8) is 0 Å². The molecule has 1 aromatic heterocycles. The number of rotatable bonds is 4. The van der Waals surface area contributed by atoms with E-state index in [4.69, 9.17) is 10.6 Å². The van der Waals surface area contributed by atoms with Crippen molar-refractivity contribution in [2.45, 2.75) is 13.8 Å². The predicted molar refractivity (Wildman–Crippen MR) is 50.2 cm³/mol. The van der Waals surface area contributed by atoms with Gasteiger partial charge in [-0.05, 0) is 5.92 Å². The maximum Gasteiger partial charge on any atom is 0.240 e. The fourth-order valence-electron chi connectivity index (χ4n) is 0.744. The van der Waals surface area contributed by atoms with E-state index >= 15 is 0 Å². The first-order chi connectivity index (χ1) is 6.22. The number of aromatic nitrogens is 2. The van der Waals surface area contributed by atoms with Crippen LogP contribution in [0.1, 0.15) is 13.8 Å². The number of hydrogen-bond donors (Lipinski definition) is 2. The first-order valence-electron chi connectivity index (χ1n) is 4.15. The van der Waals surface area contributed by atoms with Crippen molar-refractivity contribution in [3.05, 3.63) is 12.3 Å². The third-order valence-electron chi connectivity index (χ3n) is 1.32. The summed E-state index contributed by atoms with van der Waals surface area (Å²) in [6.07, 6.45) is 1.60. The Bertz CT molecular complexity index is 264. The van der Waals surface area contributed by atoms with E-state index in [-0.39, 0.29) is 0 Å². The van der Waals surface area contributed by atoms with Crippen LogP contribution in [0.4, 0.5) is 5.95 Å². The predicted octanol–water partition coefficient (Wildman–Crippen LogP) is 0.797. The Morgan fingerprint density at radius 1 is 1.62 bits per heavy atom. The molecule has 0 aromatic carbocycles. The molecule has 0 saturated heterocycles. The Balaban J connectivity index is 2.56. The molecule has 0 aliphatic rings. The molecule has 13 heavy (non-hydrogen) atoms. The molecule has 0 fully saturated rings. The molecule has 0 unspecified atom stereocenters. The molecule has 0 bridgehead atoms. The third-order valence-corrected chi connectivity index (χ3v) is 1.32. The van der Waals surface area contributed by atoms with Crippen LogP contribution in [0.3, 0.4) is 0 Å². The number of nitrogens with two attached hydrogens (primary N) is 1. The molecule has 0 amide bonds. The van der Waals surface area contributed by atoms with Crippen molar-refractivity contribution in [1.29, 1.82) is 0 Å². The zero-order chi connectivity index (χ0) is 9.68. The molecule has 5 nitrogen and oxygen atoms in total. The Kier molecular flexibility index (Phi) is 3.45. The van der Waals surface area contributed by atoms with Crippen molar-refractivity contribution in [1.82, 2.24) is 9.97 Å². The highest BCUT2D eigenvalue weighted by Gasteiger charge is 1.99. The summed E-state index contributed by atoms with van der Waals surface area (Å²) in [5.41, 5.74) is 2.35. The van der Waals surface area contributed by atoms with Crippen molar-refractivity contribution >= 4 is 5.95 Å². The van der Waals surface area contributed by atoms with Crippen LogP contribution in [0.15, 0.2) is 12.3 Å². The molecule has 0 aliphatic carbocycles. The molecule has 72 valence electrons. The summed E-state index contributed by atoms with van der Waals surface area (Å²) in [7, 11) is 0. The van der Waals surface area contributed by atoms with Crippen LogP contribution in [0.25, 0.3) is 0 Å². The van der Waals surface area contributed by atoms with Crippen molar-refractivity contribution in [2.75, 3.05) is 12.0 Å². The standard InChI is InChI=1S/C8H14N4O/c1-6(2)5-13-7-3-4-10-8(11-7)12-9/h3-4,6H,5,9H2,1-2H3,(H,10,11,12). The van der Waals surface area contributed by atoms with Crippen molar-refractivity contribution in [2.24, 2.45) is 11.8 Å². The van der Waals surface area contributed by atoms with Gasteiger partial charge in [0.1, 0.15) is 0 Å². The number of nitrogen functional groups attached to an aromatic ring is 1. The minimum Gasteiger partial charge on any atom is -0.477 e. The summed E-state index contributed by atoms with van der Waals surface area (Å²) < 4.78 is 5.36. The van der Waals surface area contributed by atoms with E-state index < -0.39 is 0 Å². The van der Waals surface area contributed by atoms with Gasteiger partial charge in [0.05, 0.1) is 6.61 Å². The van der Waals surface area contributed by atoms with Crippen LogP contribution >= 0.6 is 0 Å². The number of ether oxygens (including phenoxy) is 1. The van der Waals surface area contributed by atoms with E-state index in [2.05, 4.69) is 29.2 Å². The summed E-state index contributed by atoms with van der Waals surface area (Å²) in [6.45, 7) is 4.79. The van der Waals surface area contributed by atoms with Gasteiger partial charge >= 0.3 is 0 Å². The second kappa shape index (κ2) is 4.61. The summed E-state index contributed by atoms with van der Waals surface area (Å²) in [4.78, 5) is 7.85. The number of nitrogens with zero attached hydrogens (tertiary/aromatic N) is 2. The van der Waals surface area contributed by atoms with Gasteiger partial charge in [-0.1, -0.05) is 13.8 Å². The summed E-state index contributed by atoms with van der Waals surface area (Å²) >= 11 is 0. The molecule has 0 atom stereocenters. The summed E-state index contributed by atoms with van der Waals surface area (Å²) in [5, 5.41) is 0. The monoisotopic (exact) mass is 182 g/mol. The van der Waals surface area contributed by atoms with E-state index in [1.165, 1.54) is 0 Å². The molecule has 3 N–H and O–H groups in total. The van der Waals surface area contributed by atoms with Crippen LogP contribution in [0.2, 0.25) is 0 Å². The highest BCUT2D eigenvalue weighted by Crippen LogP contribution is 2.08. The largest absolute Gasteiger partial charge is 0.477 e. The fourth-order valence-corrected chi connectivity index (χ4v) is 0.744. The van der Waals surface area contributed by atoms with Gasteiger partial charge in [0, 0.05) is 12.3 Å². The van der Waals surface area contributed by atoms with Gasteiger partial charge in [-0.25, -0.2) is 10.8 Å². The van der Waals surface area contributed by atoms with Gasteiger partial charge in [-0.2, -0.15) is 4.98 Å². The Labute approximate surface area is 77.3 Å². The molecule has 0 radical (unpaired) electrons. The summed E-state index contributed by atoms with van der Waals surface area (Å²) in [5.74, 6) is 6.52. The lowest BCUT2D eigenvalue weighted by molar-refractivity contribution is 0.261. The average Bonchev–Trinajstić information content (AvgIpc) is 2.15. The smallest absolute Gasteiger partial charge is 0.240 e. The highest BCUT2D eigenvalue weighted by molar-refractivity contribution is 5.25. The maximum absolute atomic E-state index is 5.36. The van der Waals surface area contributed by atoms with Gasteiger partial charge in [-0.3, -0.25) is 5.43 Å². The second-order valence-corrected chi connectivity index (χ2v) is 3.07. The number of hydrogen-bond acceptors (Lipinski definition) is 5. The van der Waals surface area contributed by atoms with E-state index in [0.717, 1.165) is 0 Å². The third kappa shape index (κ3) is 3.25. The average molecular weight is 182 g/mol. The van der Waals surface area contributed by atoms with Crippen molar-refractivity contribution in [3.8, 4) is 5.88 Å². The van der Waals surface area contributed by atoms with Crippen LogP contribution in [-0.2, 0) is 0 Å². The molecule has 1 heterocycles. The van der Waals surface area contributed by atoms with Crippen molar-refractivity contribution < 1.29 is 4.74 Å². The first-order valence-corrected chi connectivity index (χ1v) is 4.15. The van der Waals surface area contributed by atoms with E-state index in [1.807, 2.05) is 0 Å². The Morgan fingerprint density at radius 2 is 2.38 bits per heavy atom. The lowest BCUT2D eigenvalue weighted by atomic mass is 10.2. The second-order valence-electron chi connectivity index (χ2n) is 3.07. The molecule has 1 rings (SSSR count). The lowest BCUT2D eigenvalue weighted by Crippen LogP contribution is -2.11. The fraction of sp³-hybridized carbons (Fsp3) is 0.500. The minimum atomic E-state index is 0.362. The van der Waals surface area contributed by atoms with Crippen LogP contribution in [-0.4, -0.2) is 16.6 Å². The highest BCUT2D eigenvalue weighted by atomic mass is 16.5. The van der Waals surface area contributed by atoms with Gasteiger partial charge in [0.25, 0.3) is 0 Å². The Hall–Kier alpha value is -1.36. The normalized spacial score (nSPS) is 10.2. The van der Waals surface area contributed by atoms with E-state index in [9.17, 15) is 0 Å². The van der Waals surface area contributed by atoms with Gasteiger partial charge < -0.3 is 4.74 Å². The van der Waals surface area contributed by atoms with Crippen LogP contribution in [0.5, 0.6) is 5.88 Å². The Morgan fingerprint density at radius 3 is 3.00 bits per heavy atom. The topological polar surface area (TPSA) is 73.1 Å². The van der Waals surface area contributed by atoms with Crippen LogP contribution in [0, 0.1) is 5.92 Å². The molecular weight excluding hydrogens is 168 g/mol. The van der Waals surface area contributed by atoms with Crippen LogP contribution < -0.4 is 16.0 Å². The lowest BCUT2D eigenvalue weighted by Gasteiger charge is -2.07. The molecule has 5 heteroatoms. The first kappa shape index (κ1) is 9.73. The SMILES string of the molecule is CC(C)COc1ccnc(NN)n1. The molecule has 0 aliphatic heterocycles. The van der Waals surface area contributed by atoms with Gasteiger partial charge in [0.2, 0.25) is 11.8 Å². The number of nitrogens with one attached hydrogen (secondary N) is 1. The van der Waals surface area contributed by atoms with Gasteiger partial charge in [0.15, 0.2) is 0 Å². The molecule has 1 aromatic rings. The zero-order valence-electron chi connectivity index (χ0n) is 7.82. The van der Waals surface area contributed by atoms with E-state index in [0.29, 0.717) is 24.4 Å². The summed E-state index contributed by atoms with van der Waals surface area (Å²) in [6, 6.07) is 1.70. The van der Waals surface area contributed by atoms with E-state index in [1.54, 1.807) is 12.3 Å².